The molecule has 2 unspecified atom stereocenters. The van der Waals surface area contributed by atoms with Crippen molar-refractivity contribution in [2.75, 3.05) is 6.54 Å². The monoisotopic (exact) mass is 259 g/mol. The molecule has 1 aliphatic carbocycles. The molecule has 1 aromatic carbocycles. The van der Waals surface area contributed by atoms with E-state index in [9.17, 15) is 13.2 Å². The molecule has 0 aliphatic heterocycles. The van der Waals surface area contributed by atoms with E-state index in [2.05, 4.69) is 5.32 Å². The van der Waals surface area contributed by atoms with Crippen LogP contribution in [0.5, 0.6) is 0 Å². The van der Waals surface area contributed by atoms with Gasteiger partial charge in [0.25, 0.3) is 0 Å². The largest absolute Gasteiger partial charge is 0.415 e. The number of hydrogen-bond acceptors (Lipinski definition) is 2. The Kier molecular flexibility index (Phi) is 3.64. The summed E-state index contributed by atoms with van der Waals surface area (Å²) >= 11 is 0. The van der Waals surface area contributed by atoms with Crippen molar-refractivity contribution in [2.24, 2.45) is 0 Å². The van der Waals surface area contributed by atoms with Gasteiger partial charge in [-0.15, -0.1) is 0 Å². The van der Waals surface area contributed by atoms with Crippen molar-refractivity contribution >= 4 is 0 Å². The number of rotatable bonds is 3. The zero-order chi connectivity index (χ0) is 13.3. The van der Waals surface area contributed by atoms with Gasteiger partial charge in [-0.1, -0.05) is 23.8 Å². The molecule has 2 nitrogen and oxygen atoms in total. The number of benzene rings is 1. The van der Waals surface area contributed by atoms with Crippen LogP contribution in [0.3, 0.4) is 0 Å². The molecule has 0 saturated heterocycles. The van der Waals surface area contributed by atoms with Crippen LogP contribution in [0, 0.1) is 6.92 Å². The van der Waals surface area contributed by atoms with Crippen LogP contribution >= 0.6 is 0 Å². The number of aryl methyl sites for hydroxylation is 2. The van der Waals surface area contributed by atoms with Crippen molar-refractivity contribution in [3.8, 4) is 0 Å². The zero-order valence-corrected chi connectivity index (χ0v) is 10.1. The molecule has 0 amide bonds. The number of halogens is 3. The SMILES string of the molecule is Cc1ccc2c(c1)C(NCC(O)C(F)(F)F)CC2. The first kappa shape index (κ1) is 13.4. The van der Waals surface area contributed by atoms with Gasteiger partial charge in [-0.25, -0.2) is 0 Å². The van der Waals surface area contributed by atoms with Gasteiger partial charge in [-0.05, 0) is 30.9 Å². The maximum atomic E-state index is 12.2. The maximum Gasteiger partial charge on any atom is 0.415 e. The van der Waals surface area contributed by atoms with E-state index in [-0.39, 0.29) is 6.04 Å². The lowest BCUT2D eigenvalue weighted by Crippen LogP contribution is -2.39. The molecule has 0 heterocycles. The highest BCUT2D eigenvalue weighted by Gasteiger charge is 2.38. The molecule has 5 heteroatoms. The molecular formula is C13H16F3NO. The summed E-state index contributed by atoms with van der Waals surface area (Å²) < 4.78 is 36.6. The van der Waals surface area contributed by atoms with Gasteiger partial charge in [0.1, 0.15) is 0 Å². The minimum absolute atomic E-state index is 0.0862. The van der Waals surface area contributed by atoms with Gasteiger partial charge in [-0.2, -0.15) is 13.2 Å². The average Bonchev–Trinajstić information content (AvgIpc) is 2.67. The van der Waals surface area contributed by atoms with Crippen LogP contribution in [0.1, 0.15) is 29.2 Å². The Morgan fingerprint density at radius 3 is 2.83 bits per heavy atom. The van der Waals surface area contributed by atoms with Crippen molar-refractivity contribution < 1.29 is 18.3 Å². The minimum atomic E-state index is -4.55. The predicted octanol–water partition coefficient (Wildman–Crippen LogP) is 2.50. The molecule has 0 saturated carbocycles. The third-order valence-corrected chi connectivity index (χ3v) is 3.31. The second kappa shape index (κ2) is 4.90. The maximum absolute atomic E-state index is 12.2. The van der Waals surface area contributed by atoms with Crippen molar-refractivity contribution in [1.82, 2.24) is 5.32 Å². The van der Waals surface area contributed by atoms with Crippen molar-refractivity contribution in [3.63, 3.8) is 0 Å². The van der Waals surface area contributed by atoms with Gasteiger partial charge < -0.3 is 10.4 Å². The van der Waals surface area contributed by atoms with E-state index in [4.69, 9.17) is 5.11 Å². The number of hydrogen-bond donors (Lipinski definition) is 2. The Morgan fingerprint density at radius 1 is 1.44 bits per heavy atom. The van der Waals surface area contributed by atoms with Gasteiger partial charge in [0, 0.05) is 12.6 Å². The number of fused-ring (bicyclic) bond motifs is 1. The van der Waals surface area contributed by atoms with Gasteiger partial charge in [-0.3, -0.25) is 0 Å². The average molecular weight is 259 g/mol. The molecule has 2 atom stereocenters. The van der Waals surface area contributed by atoms with E-state index in [0.29, 0.717) is 0 Å². The standard InChI is InChI=1S/C13H16F3NO/c1-8-2-3-9-4-5-11(10(9)6-8)17-7-12(18)13(14,15)16/h2-3,6,11-12,17-18H,4-5,7H2,1H3. The Hall–Kier alpha value is -1.07. The fourth-order valence-electron chi connectivity index (χ4n) is 2.30. The van der Waals surface area contributed by atoms with Crippen LogP contribution in [-0.2, 0) is 6.42 Å². The molecule has 0 fully saturated rings. The molecule has 100 valence electrons. The predicted molar refractivity (Wildman–Crippen MR) is 62.3 cm³/mol. The second-order valence-electron chi connectivity index (χ2n) is 4.76. The van der Waals surface area contributed by atoms with Crippen LogP contribution in [-0.4, -0.2) is 23.9 Å². The second-order valence-corrected chi connectivity index (χ2v) is 4.76. The van der Waals surface area contributed by atoms with E-state index in [1.807, 2.05) is 25.1 Å². The Morgan fingerprint density at radius 2 is 2.17 bits per heavy atom. The van der Waals surface area contributed by atoms with Crippen LogP contribution < -0.4 is 5.32 Å². The van der Waals surface area contributed by atoms with Crippen molar-refractivity contribution in [1.29, 1.82) is 0 Å². The quantitative estimate of drug-likeness (QED) is 0.874. The van der Waals surface area contributed by atoms with E-state index in [0.717, 1.165) is 24.0 Å². The molecule has 1 aliphatic rings. The first-order chi connectivity index (χ1) is 8.38. The van der Waals surface area contributed by atoms with Gasteiger partial charge in [0.2, 0.25) is 0 Å². The third-order valence-electron chi connectivity index (χ3n) is 3.31. The highest BCUT2D eigenvalue weighted by atomic mass is 19.4. The summed E-state index contributed by atoms with van der Waals surface area (Å²) in [5.74, 6) is 0. The number of alkyl halides is 3. The fourth-order valence-corrected chi connectivity index (χ4v) is 2.30. The van der Waals surface area contributed by atoms with E-state index in [1.54, 1.807) is 0 Å². The Bertz CT molecular complexity index is 431. The molecule has 0 radical (unpaired) electrons. The van der Waals surface area contributed by atoms with Crippen LogP contribution in [0.25, 0.3) is 0 Å². The summed E-state index contributed by atoms with van der Waals surface area (Å²) in [4.78, 5) is 0. The summed E-state index contributed by atoms with van der Waals surface area (Å²) in [5, 5.41) is 11.8. The van der Waals surface area contributed by atoms with Gasteiger partial charge in [0.15, 0.2) is 6.10 Å². The summed E-state index contributed by atoms with van der Waals surface area (Å²) in [6.45, 7) is 1.50. The molecular weight excluding hydrogens is 243 g/mol. The zero-order valence-electron chi connectivity index (χ0n) is 10.1. The fraction of sp³-hybridized carbons (Fsp3) is 0.538. The van der Waals surface area contributed by atoms with Crippen LogP contribution in [0.4, 0.5) is 13.2 Å². The van der Waals surface area contributed by atoms with Gasteiger partial charge in [0.05, 0.1) is 0 Å². The third kappa shape index (κ3) is 2.84. The molecule has 0 spiro atoms. The minimum Gasteiger partial charge on any atom is -0.382 e. The van der Waals surface area contributed by atoms with Crippen molar-refractivity contribution in [3.05, 3.63) is 34.9 Å². The van der Waals surface area contributed by atoms with Crippen molar-refractivity contribution in [2.45, 2.75) is 38.1 Å². The smallest absolute Gasteiger partial charge is 0.382 e. The van der Waals surface area contributed by atoms with E-state index < -0.39 is 18.8 Å². The van der Waals surface area contributed by atoms with E-state index >= 15 is 0 Å². The first-order valence-electron chi connectivity index (χ1n) is 5.95. The van der Waals surface area contributed by atoms with E-state index in [1.165, 1.54) is 5.56 Å². The first-order valence-corrected chi connectivity index (χ1v) is 5.95. The summed E-state index contributed by atoms with van der Waals surface area (Å²) in [6.07, 6.45) is -5.20. The molecule has 18 heavy (non-hydrogen) atoms. The summed E-state index contributed by atoms with van der Waals surface area (Å²) in [5.41, 5.74) is 3.34. The Labute approximate surface area is 104 Å². The lowest BCUT2D eigenvalue weighted by molar-refractivity contribution is -0.202. The lowest BCUT2D eigenvalue weighted by Gasteiger charge is -2.19. The summed E-state index contributed by atoms with van der Waals surface area (Å²) in [7, 11) is 0. The molecule has 2 rings (SSSR count). The highest BCUT2D eigenvalue weighted by Crippen LogP contribution is 2.32. The summed E-state index contributed by atoms with van der Waals surface area (Å²) in [6, 6.07) is 5.94. The molecule has 1 aromatic rings. The number of aliphatic hydroxyl groups excluding tert-OH is 1. The molecule has 0 aromatic heterocycles. The van der Waals surface area contributed by atoms with Crippen LogP contribution in [0.2, 0.25) is 0 Å². The normalized spacial score (nSPS) is 20.8. The molecule has 0 bridgehead atoms. The van der Waals surface area contributed by atoms with Gasteiger partial charge >= 0.3 is 6.18 Å². The number of aliphatic hydroxyl groups is 1. The highest BCUT2D eigenvalue weighted by molar-refractivity contribution is 5.37. The number of nitrogens with one attached hydrogen (secondary N) is 1. The molecule has 2 N–H and O–H groups in total. The topological polar surface area (TPSA) is 32.3 Å². The van der Waals surface area contributed by atoms with Crippen LogP contribution in [0.15, 0.2) is 18.2 Å². The Balaban J connectivity index is 2.00. The lowest BCUT2D eigenvalue weighted by atomic mass is 10.0.